The molecule has 0 atom stereocenters. The number of rotatable bonds is 8. The van der Waals surface area contributed by atoms with Gasteiger partial charge in [0.25, 0.3) is 5.91 Å². The molecule has 1 rings (SSSR count). The molecule has 2 N–H and O–H groups in total. The Hall–Kier alpha value is -2.24. The Kier molecular flexibility index (Phi) is 8.49. The third kappa shape index (κ3) is 6.97. The highest BCUT2D eigenvalue weighted by molar-refractivity contribution is 5.94. The molecule has 0 aliphatic carbocycles. The van der Waals surface area contributed by atoms with Gasteiger partial charge in [-0.1, -0.05) is 32.6 Å². The van der Waals surface area contributed by atoms with E-state index < -0.39 is 12.0 Å². The van der Waals surface area contributed by atoms with Crippen molar-refractivity contribution >= 4 is 12.0 Å². The molecule has 0 radical (unpaired) electrons. The summed E-state index contributed by atoms with van der Waals surface area (Å²) in [6.45, 7) is 2.87. The van der Waals surface area contributed by atoms with Crippen LogP contribution in [0.1, 0.15) is 49.4 Å². The van der Waals surface area contributed by atoms with Crippen LogP contribution in [0.3, 0.4) is 0 Å². The maximum Gasteiger partial charge on any atom is 0.425 e. The van der Waals surface area contributed by atoms with Crippen molar-refractivity contribution in [2.24, 2.45) is 0 Å². The summed E-state index contributed by atoms with van der Waals surface area (Å²) in [4.78, 5) is 22.6. The minimum atomic E-state index is -0.726. The lowest BCUT2D eigenvalue weighted by molar-refractivity contribution is 0.0920. The second-order valence-corrected chi connectivity index (χ2v) is 4.86. The van der Waals surface area contributed by atoms with Gasteiger partial charge in [-0.05, 0) is 30.7 Å². The quantitative estimate of drug-likeness (QED) is 0.571. The number of hydrogen-bond acceptors (Lipinski definition) is 4. The predicted molar refractivity (Wildman–Crippen MR) is 83.7 cm³/mol. The smallest absolute Gasteiger partial charge is 0.425 e. The van der Waals surface area contributed by atoms with Crippen molar-refractivity contribution in [3.05, 3.63) is 29.8 Å². The molecule has 0 aromatic heterocycles. The van der Waals surface area contributed by atoms with Gasteiger partial charge in [-0.2, -0.15) is 0 Å². The lowest BCUT2D eigenvalue weighted by Crippen LogP contribution is -2.41. The van der Waals surface area contributed by atoms with E-state index in [1.54, 1.807) is 24.3 Å². The lowest BCUT2D eigenvalue weighted by atomic mass is 10.2. The van der Waals surface area contributed by atoms with Gasteiger partial charge in [0.15, 0.2) is 0 Å². The number of benzene rings is 1. The molecule has 1 aromatic rings. The maximum absolute atomic E-state index is 11.7. The molecule has 22 heavy (non-hydrogen) atoms. The van der Waals surface area contributed by atoms with Gasteiger partial charge in [0.2, 0.25) is 0 Å². The van der Waals surface area contributed by atoms with Crippen molar-refractivity contribution in [3.63, 3.8) is 0 Å². The largest absolute Gasteiger partial charge is 0.494 e. The molecule has 0 heterocycles. The average molecular weight is 308 g/mol. The Morgan fingerprint density at radius 3 is 2.32 bits per heavy atom. The van der Waals surface area contributed by atoms with Crippen molar-refractivity contribution < 1.29 is 19.1 Å². The molecule has 0 spiro atoms. The van der Waals surface area contributed by atoms with Crippen LogP contribution in [-0.4, -0.2) is 25.7 Å². The number of methoxy groups -OCH3 is 1. The number of hydrazine groups is 1. The summed E-state index contributed by atoms with van der Waals surface area (Å²) in [5, 5.41) is 0. The Labute approximate surface area is 131 Å². The predicted octanol–water partition coefficient (Wildman–Crippen LogP) is 3.04. The normalized spacial score (nSPS) is 9.91. The zero-order chi connectivity index (χ0) is 16.2. The molecular formula is C16H24N2O4. The van der Waals surface area contributed by atoms with E-state index in [9.17, 15) is 9.59 Å². The van der Waals surface area contributed by atoms with Crippen LogP contribution in [0.5, 0.6) is 5.75 Å². The Morgan fingerprint density at radius 2 is 1.68 bits per heavy atom. The number of amides is 2. The van der Waals surface area contributed by atoms with E-state index in [2.05, 4.69) is 22.5 Å². The van der Waals surface area contributed by atoms with E-state index in [0.29, 0.717) is 12.2 Å². The monoisotopic (exact) mass is 308 g/mol. The number of carbonyl (C=O) groups is 2. The maximum atomic E-state index is 11.7. The third-order valence-electron chi connectivity index (χ3n) is 3.10. The number of ether oxygens (including phenoxy) is 2. The van der Waals surface area contributed by atoms with Gasteiger partial charge < -0.3 is 9.47 Å². The van der Waals surface area contributed by atoms with Crippen molar-refractivity contribution in [1.82, 2.24) is 10.9 Å². The van der Waals surface area contributed by atoms with Crippen molar-refractivity contribution in [3.8, 4) is 5.75 Å². The highest BCUT2D eigenvalue weighted by Crippen LogP contribution is 2.13. The van der Waals surface area contributed by atoms with Crippen LogP contribution >= 0.6 is 0 Å². The highest BCUT2D eigenvalue weighted by Gasteiger charge is 2.07. The van der Waals surface area contributed by atoms with Gasteiger partial charge in [0, 0.05) is 5.56 Å². The Bertz CT molecular complexity index is 460. The van der Waals surface area contributed by atoms with E-state index in [-0.39, 0.29) is 0 Å². The zero-order valence-corrected chi connectivity index (χ0v) is 13.2. The first kappa shape index (κ1) is 17.8. The molecule has 0 saturated heterocycles. The summed E-state index contributed by atoms with van der Waals surface area (Å²) in [6, 6.07) is 6.75. The summed E-state index contributed by atoms with van der Waals surface area (Å²) in [7, 11) is 1.22. The van der Waals surface area contributed by atoms with Gasteiger partial charge in [0.1, 0.15) is 5.75 Å². The summed E-state index contributed by atoms with van der Waals surface area (Å²) >= 11 is 0. The van der Waals surface area contributed by atoms with Crippen LogP contribution in [0.25, 0.3) is 0 Å². The summed E-state index contributed by atoms with van der Waals surface area (Å²) in [5.74, 6) is 0.310. The summed E-state index contributed by atoms with van der Waals surface area (Å²) < 4.78 is 9.97. The van der Waals surface area contributed by atoms with E-state index in [0.717, 1.165) is 12.2 Å². The van der Waals surface area contributed by atoms with Crippen molar-refractivity contribution in [2.75, 3.05) is 13.7 Å². The SMILES string of the molecule is CCCCCCCOc1ccc(C(=O)NNC(=O)OC)cc1. The minimum Gasteiger partial charge on any atom is -0.494 e. The van der Waals surface area contributed by atoms with Crippen LogP contribution < -0.4 is 15.6 Å². The topological polar surface area (TPSA) is 76.7 Å². The molecule has 6 nitrogen and oxygen atoms in total. The summed E-state index contributed by atoms with van der Waals surface area (Å²) in [5.41, 5.74) is 4.77. The van der Waals surface area contributed by atoms with Crippen LogP contribution in [0.15, 0.2) is 24.3 Å². The first-order valence-corrected chi connectivity index (χ1v) is 7.54. The molecule has 0 aliphatic heterocycles. The molecule has 1 aromatic carbocycles. The first-order chi connectivity index (χ1) is 10.7. The Balaban J connectivity index is 2.30. The second-order valence-electron chi connectivity index (χ2n) is 4.86. The van der Waals surface area contributed by atoms with Crippen LogP contribution in [0.2, 0.25) is 0 Å². The number of unbranched alkanes of at least 4 members (excludes halogenated alkanes) is 4. The van der Waals surface area contributed by atoms with Crippen molar-refractivity contribution in [1.29, 1.82) is 0 Å². The molecule has 6 heteroatoms. The fraction of sp³-hybridized carbons (Fsp3) is 0.500. The number of carbonyl (C=O) groups excluding carboxylic acids is 2. The fourth-order valence-corrected chi connectivity index (χ4v) is 1.83. The first-order valence-electron chi connectivity index (χ1n) is 7.54. The minimum absolute atomic E-state index is 0.420. The Morgan fingerprint density at radius 1 is 1.00 bits per heavy atom. The third-order valence-corrected chi connectivity index (χ3v) is 3.10. The molecule has 0 bridgehead atoms. The van der Waals surface area contributed by atoms with E-state index in [1.807, 2.05) is 0 Å². The standard InChI is InChI=1S/C16H24N2O4/c1-3-4-5-6-7-12-22-14-10-8-13(9-11-14)15(19)17-18-16(20)21-2/h8-11H,3-7,12H2,1-2H3,(H,17,19)(H,18,20). The molecular weight excluding hydrogens is 284 g/mol. The van der Waals surface area contributed by atoms with Gasteiger partial charge >= 0.3 is 6.09 Å². The summed E-state index contributed by atoms with van der Waals surface area (Å²) in [6.07, 6.45) is 5.22. The van der Waals surface area contributed by atoms with E-state index >= 15 is 0 Å². The van der Waals surface area contributed by atoms with Gasteiger partial charge in [-0.3, -0.25) is 10.2 Å². The zero-order valence-electron chi connectivity index (χ0n) is 13.2. The molecule has 2 amide bonds. The van der Waals surface area contributed by atoms with Crippen LogP contribution in [0.4, 0.5) is 4.79 Å². The van der Waals surface area contributed by atoms with E-state index in [4.69, 9.17) is 4.74 Å². The number of hydrogen-bond donors (Lipinski definition) is 2. The van der Waals surface area contributed by atoms with Gasteiger partial charge in [-0.15, -0.1) is 0 Å². The highest BCUT2D eigenvalue weighted by atomic mass is 16.5. The average Bonchev–Trinajstić information content (AvgIpc) is 2.56. The molecule has 0 unspecified atom stereocenters. The molecule has 0 aliphatic rings. The van der Waals surface area contributed by atoms with Gasteiger partial charge in [0.05, 0.1) is 13.7 Å². The van der Waals surface area contributed by atoms with E-state index in [1.165, 1.54) is 32.8 Å². The molecule has 122 valence electrons. The molecule has 0 saturated carbocycles. The molecule has 0 fully saturated rings. The fourth-order valence-electron chi connectivity index (χ4n) is 1.83. The van der Waals surface area contributed by atoms with Gasteiger partial charge in [-0.25, -0.2) is 10.2 Å². The van der Waals surface area contributed by atoms with Crippen LogP contribution in [0, 0.1) is 0 Å². The van der Waals surface area contributed by atoms with Crippen molar-refractivity contribution in [2.45, 2.75) is 39.0 Å². The number of nitrogens with one attached hydrogen (secondary N) is 2. The lowest BCUT2D eigenvalue weighted by Gasteiger charge is -2.08. The van der Waals surface area contributed by atoms with Crippen LogP contribution in [-0.2, 0) is 4.74 Å². The second kappa shape index (κ2) is 10.5.